The molecule has 0 aromatic heterocycles. The maximum Gasteiger partial charge on any atom is 0.191 e. The summed E-state index contributed by atoms with van der Waals surface area (Å²) in [4.78, 5) is 12.1. The van der Waals surface area contributed by atoms with Crippen molar-refractivity contribution in [3.8, 4) is 0 Å². The van der Waals surface area contributed by atoms with Crippen LogP contribution in [0.1, 0.15) is 22.8 Å². The van der Waals surface area contributed by atoms with E-state index in [9.17, 15) is 9.18 Å². The Morgan fingerprint density at radius 3 is 2.50 bits per heavy atom. The van der Waals surface area contributed by atoms with E-state index in [1.807, 2.05) is 24.3 Å². The minimum absolute atomic E-state index is 0.156. The molecule has 0 heterocycles. The molecule has 0 aliphatic rings. The average molecular weight is 337 g/mol. The molecule has 0 spiro atoms. The minimum atomic E-state index is -0.576. The summed E-state index contributed by atoms with van der Waals surface area (Å²) in [5.41, 5.74) is 1.43. The van der Waals surface area contributed by atoms with Crippen LogP contribution in [0.4, 0.5) is 4.39 Å². The van der Waals surface area contributed by atoms with Crippen molar-refractivity contribution in [2.45, 2.75) is 19.6 Å². The Kier molecular flexibility index (Phi) is 5.04. The van der Waals surface area contributed by atoms with Gasteiger partial charge in [0.25, 0.3) is 0 Å². The lowest BCUT2D eigenvalue weighted by Crippen LogP contribution is -2.20. The third-order valence-electron chi connectivity index (χ3n) is 2.94. The molecule has 2 rings (SSSR count). The lowest BCUT2D eigenvalue weighted by atomic mass is 10.1. The molecule has 2 nitrogen and oxygen atoms in total. The molecule has 0 aliphatic carbocycles. The zero-order valence-electron chi connectivity index (χ0n) is 11.0. The van der Waals surface area contributed by atoms with Crippen LogP contribution in [0.5, 0.6) is 0 Å². The largest absolute Gasteiger partial charge is 0.366 e. The molecule has 0 bridgehead atoms. The Hall–Kier alpha value is -1.52. The summed E-state index contributed by atoms with van der Waals surface area (Å²) in [6, 6.07) is 13.2. The van der Waals surface area contributed by atoms with E-state index in [-0.39, 0.29) is 11.6 Å². The summed E-state index contributed by atoms with van der Waals surface area (Å²) in [5, 5.41) is 0. The van der Waals surface area contributed by atoms with Gasteiger partial charge in [0, 0.05) is 10.0 Å². The highest BCUT2D eigenvalue weighted by Gasteiger charge is 2.16. The number of Topliss-reactive ketones (excluding diaryl/α,β-unsaturated/α-hetero) is 1. The van der Waals surface area contributed by atoms with Crippen molar-refractivity contribution in [3.05, 3.63) is 69.9 Å². The van der Waals surface area contributed by atoms with Crippen molar-refractivity contribution in [1.82, 2.24) is 0 Å². The van der Waals surface area contributed by atoms with E-state index in [0.717, 1.165) is 10.0 Å². The van der Waals surface area contributed by atoms with E-state index < -0.39 is 6.10 Å². The van der Waals surface area contributed by atoms with Gasteiger partial charge >= 0.3 is 0 Å². The highest BCUT2D eigenvalue weighted by molar-refractivity contribution is 9.10. The van der Waals surface area contributed by atoms with Crippen LogP contribution in [0.2, 0.25) is 0 Å². The second-order valence-electron chi connectivity index (χ2n) is 4.42. The topological polar surface area (TPSA) is 26.3 Å². The number of hydrogen-bond donors (Lipinski definition) is 0. The van der Waals surface area contributed by atoms with Crippen molar-refractivity contribution in [2.75, 3.05) is 0 Å². The summed E-state index contributed by atoms with van der Waals surface area (Å²) in [7, 11) is 0. The summed E-state index contributed by atoms with van der Waals surface area (Å²) in [6.07, 6.45) is -0.576. The van der Waals surface area contributed by atoms with Gasteiger partial charge in [-0.1, -0.05) is 34.1 Å². The molecule has 4 heteroatoms. The van der Waals surface area contributed by atoms with Gasteiger partial charge in [-0.15, -0.1) is 0 Å². The second-order valence-corrected chi connectivity index (χ2v) is 5.27. The zero-order valence-corrected chi connectivity index (χ0v) is 12.6. The molecule has 0 saturated carbocycles. The van der Waals surface area contributed by atoms with Gasteiger partial charge in [-0.25, -0.2) is 4.39 Å². The van der Waals surface area contributed by atoms with E-state index >= 15 is 0 Å². The van der Waals surface area contributed by atoms with Crippen LogP contribution < -0.4 is 0 Å². The molecular formula is C16H14BrFO2. The van der Waals surface area contributed by atoms with Crippen LogP contribution >= 0.6 is 15.9 Å². The second kappa shape index (κ2) is 6.77. The molecule has 104 valence electrons. The summed E-state index contributed by atoms with van der Waals surface area (Å²) >= 11 is 3.43. The van der Waals surface area contributed by atoms with Gasteiger partial charge < -0.3 is 4.74 Å². The van der Waals surface area contributed by atoms with Gasteiger partial charge in [0.2, 0.25) is 0 Å². The first-order chi connectivity index (χ1) is 9.58. The molecule has 0 amide bonds. The molecule has 0 saturated heterocycles. The van der Waals surface area contributed by atoms with Crippen LogP contribution in [-0.2, 0) is 11.3 Å². The Bertz CT molecular complexity index is 596. The fourth-order valence-corrected chi connectivity index (χ4v) is 2.15. The first-order valence-electron chi connectivity index (χ1n) is 6.22. The summed E-state index contributed by atoms with van der Waals surface area (Å²) in [6.45, 7) is 2.04. The molecule has 1 atom stereocenters. The minimum Gasteiger partial charge on any atom is -0.366 e. The fourth-order valence-electron chi connectivity index (χ4n) is 1.75. The Morgan fingerprint density at radius 2 is 1.85 bits per heavy atom. The monoisotopic (exact) mass is 336 g/mol. The predicted octanol–water partition coefficient (Wildman–Crippen LogP) is 4.38. The molecule has 20 heavy (non-hydrogen) atoms. The first kappa shape index (κ1) is 14.9. The smallest absolute Gasteiger partial charge is 0.191 e. The third-order valence-corrected chi connectivity index (χ3v) is 3.72. The molecule has 0 fully saturated rings. The van der Waals surface area contributed by atoms with Gasteiger partial charge in [-0.05, 0) is 42.8 Å². The molecule has 2 aromatic carbocycles. The van der Waals surface area contributed by atoms with Crippen LogP contribution in [0.3, 0.4) is 0 Å². The number of halogens is 2. The van der Waals surface area contributed by atoms with Crippen molar-refractivity contribution in [3.63, 3.8) is 0 Å². The van der Waals surface area contributed by atoms with Crippen molar-refractivity contribution < 1.29 is 13.9 Å². The SMILES string of the molecule is CC(OCc1ccccc1Br)C(=O)c1ccc(F)cc1. The number of carbonyl (C=O) groups excluding carboxylic acids is 1. The lowest BCUT2D eigenvalue weighted by Gasteiger charge is -2.13. The number of ether oxygens (including phenoxy) is 1. The normalized spacial score (nSPS) is 12.2. The van der Waals surface area contributed by atoms with E-state index in [0.29, 0.717) is 12.2 Å². The zero-order chi connectivity index (χ0) is 14.5. The number of ketones is 1. The predicted molar refractivity (Wildman–Crippen MR) is 79.1 cm³/mol. The first-order valence-corrected chi connectivity index (χ1v) is 7.02. The molecule has 0 N–H and O–H groups in total. The summed E-state index contributed by atoms with van der Waals surface area (Å²) in [5.74, 6) is -0.514. The van der Waals surface area contributed by atoms with Crippen LogP contribution in [0, 0.1) is 5.82 Å². The Morgan fingerprint density at radius 1 is 1.20 bits per heavy atom. The van der Waals surface area contributed by atoms with E-state index in [4.69, 9.17) is 4.74 Å². The fraction of sp³-hybridized carbons (Fsp3) is 0.188. The molecule has 0 radical (unpaired) electrons. The van der Waals surface area contributed by atoms with Crippen molar-refractivity contribution in [1.29, 1.82) is 0 Å². The van der Waals surface area contributed by atoms with Gasteiger partial charge in [0.05, 0.1) is 6.61 Å². The molecule has 1 unspecified atom stereocenters. The van der Waals surface area contributed by atoms with Crippen molar-refractivity contribution >= 4 is 21.7 Å². The quantitative estimate of drug-likeness (QED) is 0.757. The number of carbonyl (C=O) groups is 1. The van der Waals surface area contributed by atoms with E-state index in [1.54, 1.807) is 6.92 Å². The van der Waals surface area contributed by atoms with Crippen LogP contribution in [-0.4, -0.2) is 11.9 Å². The van der Waals surface area contributed by atoms with Gasteiger partial charge in [0.1, 0.15) is 11.9 Å². The van der Waals surface area contributed by atoms with Crippen LogP contribution in [0.25, 0.3) is 0 Å². The van der Waals surface area contributed by atoms with E-state index in [1.165, 1.54) is 24.3 Å². The number of hydrogen-bond acceptors (Lipinski definition) is 2. The maximum absolute atomic E-state index is 12.8. The average Bonchev–Trinajstić information content (AvgIpc) is 2.46. The third kappa shape index (κ3) is 3.74. The molecular weight excluding hydrogens is 323 g/mol. The van der Waals surface area contributed by atoms with Gasteiger partial charge in [-0.2, -0.15) is 0 Å². The van der Waals surface area contributed by atoms with Gasteiger partial charge in [0.15, 0.2) is 5.78 Å². The standard InChI is InChI=1S/C16H14BrFO2/c1-11(16(19)12-6-8-14(18)9-7-12)20-10-13-4-2-3-5-15(13)17/h2-9,11H,10H2,1H3. The highest BCUT2D eigenvalue weighted by Crippen LogP contribution is 2.18. The molecule has 2 aromatic rings. The highest BCUT2D eigenvalue weighted by atomic mass is 79.9. The Balaban J connectivity index is 1.98. The number of rotatable bonds is 5. The van der Waals surface area contributed by atoms with Gasteiger partial charge in [-0.3, -0.25) is 4.79 Å². The van der Waals surface area contributed by atoms with Crippen LogP contribution in [0.15, 0.2) is 53.0 Å². The lowest BCUT2D eigenvalue weighted by molar-refractivity contribution is 0.0410. The maximum atomic E-state index is 12.8. The van der Waals surface area contributed by atoms with Crippen molar-refractivity contribution in [2.24, 2.45) is 0 Å². The summed E-state index contributed by atoms with van der Waals surface area (Å²) < 4.78 is 19.3. The molecule has 0 aliphatic heterocycles. The van der Waals surface area contributed by atoms with E-state index in [2.05, 4.69) is 15.9 Å². The Labute approximate surface area is 125 Å². The number of benzene rings is 2.